The molecule has 1 fully saturated rings. The molecule has 2 N–H and O–H groups in total. The highest BCUT2D eigenvalue weighted by molar-refractivity contribution is 7.89. The van der Waals surface area contributed by atoms with E-state index in [1.54, 1.807) is 18.5 Å². The molecule has 2 aromatic rings. The molecule has 0 aliphatic carbocycles. The molecule has 1 aromatic carbocycles. The van der Waals surface area contributed by atoms with Gasteiger partial charge in [0.2, 0.25) is 10.0 Å². The van der Waals surface area contributed by atoms with E-state index in [4.69, 9.17) is 28.6 Å². The lowest BCUT2D eigenvalue weighted by Crippen LogP contribution is -2.40. The molecule has 10 heteroatoms. The molecule has 0 amide bonds. The van der Waals surface area contributed by atoms with Gasteiger partial charge in [-0.15, -0.1) is 0 Å². The third kappa shape index (κ3) is 4.49. The topological polar surface area (TPSA) is 83.6 Å². The van der Waals surface area contributed by atoms with E-state index in [0.717, 1.165) is 0 Å². The predicted octanol–water partition coefficient (Wildman–Crippen LogP) is 2.56. The van der Waals surface area contributed by atoms with Crippen LogP contribution in [0.1, 0.15) is 0 Å². The van der Waals surface area contributed by atoms with Crippen molar-refractivity contribution in [1.82, 2.24) is 9.29 Å². The van der Waals surface area contributed by atoms with Gasteiger partial charge in [0.15, 0.2) is 5.11 Å². The third-order valence-electron chi connectivity index (χ3n) is 3.71. The minimum Gasteiger partial charge on any atom is -0.379 e. The van der Waals surface area contributed by atoms with Crippen LogP contribution in [0.25, 0.3) is 0 Å². The van der Waals surface area contributed by atoms with Gasteiger partial charge >= 0.3 is 0 Å². The van der Waals surface area contributed by atoms with Crippen molar-refractivity contribution in [3.8, 4) is 0 Å². The van der Waals surface area contributed by atoms with Crippen LogP contribution in [0.2, 0.25) is 5.02 Å². The average Bonchev–Trinajstić information content (AvgIpc) is 2.65. The molecule has 0 radical (unpaired) electrons. The monoisotopic (exact) mass is 412 g/mol. The molecule has 0 unspecified atom stereocenters. The second kappa shape index (κ2) is 8.28. The van der Waals surface area contributed by atoms with Crippen LogP contribution in [0.3, 0.4) is 0 Å². The van der Waals surface area contributed by atoms with Crippen LogP contribution in [-0.4, -0.2) is 49.1 Å². The van der Waals surface area contributed by atoms with Gasteiger partial charge in [-0.1, -0.05) is 11.6 Å². The van der Waals surface area contributed by atoms with Crippen LogP contribution in [0.4, 0.5) is 11.4 Å². The number of halogens is 1. The third-order valence-corrected chi connectivity index (χ3v) is 6.14. The Kier molecular flexibility index (Phi) is 6.05. The molecule has 7 nitrogen and oxygen atoms in total. The quantitative estimate of drug-likeness (QED) is 0.746. The summed E-state index contributed by atoms with van der Waals surface area (Å²) in [5.41, 5.74) is 1.11. The van der Waals surface area contributed by atoms with E-state index < -0.39 is 10.0 Å². The Labute approximate surface area is 162 Å². The van der Waals surface area contributed by atoms with Crippen molar-refractivity contribution < 1.29 is 13.2 Å². The van der Waals surface area contributed by atoms with Gasteiger partial charge in [-0.3, -0.25) is 4.98 Å². The first-order valence-corrected chi connectivity index (χ1v) is 10.0. The predicted molar refractivity (Wildman–Crippen MR) is 105 cm³/mol. The summed E-state index contributed by atoms with van der Waals surface area (Å²) in [6.45, 7) is 1.43. The van der Waals surface area contributed by atoms with Gasteiger partial charge in [-0.05, 0) is 42.5 Å². The molecule has 3 rings (SSSR count). The molecule has 26 heavy (non-hydrogen) atoms. The molecule has 0 spiro atoms. The molecule has 2 heterocycles. The smallest absolute Gasteiger partial charge is 0.243 e. The Morgan fingerprint density at radius 3 is 2.69 bits per heavy atom. The maximum atomic E-state index is 12.8. The Morgan fingerprint density at radius 2 is 2.00 bits per heavy atom. The summed E-state index contributed by atoms with van der Waals surface area (Å²) in [6.07, 6.45) is 3.27. The fourth-order valence-corrected chi connectivity index (χ4v) is 4.25. The van der Waals surface area contributed by atoms with E-state index in [1.165, 1.54) is 22.5 Å². The number of nitrogens with one attached hydrogen (secondary N) is 2. The summed E-state index contributed by atoms with van der Waals surface area (Å²) in [7, 11) is -3.61. The first-order valence-electron chi connectivity index (χ1n) is 7.82. The molecule has 1 aromatic heterocycles. The molecule has 1 aliphatic heterocycles. The molecule has 1 aliphatic rings. The highest BCUT2D eigenvalue weighted by atomic mass is 35.5. The first kappa shape index (κ1) is 19.0. The van der Waals surface area contributed by atoms with E-state index in [1.807, 2.05) is 6.07 Å². The molecular formula is C16H17ClN4O3S2. The van der Waals surface area contributed by atoms with Gasteiger partial charge in [0.25, 0.3) is 0 Å². The Morgan fingerprint density at radius 1 is 1.23 bits per heavy atom. The summed E-state index contributed by atoms with van der Waals surface area (Å²) in [5, 5.41) is 6.53. The number of thiocarbonyl (C=S) groups is 1. The molecule has 0 saturated carbocycles. The molecule has 138 valence electrons. The number of anilines is 2. The summed E-state index contributed by atoms with van der Waals surface area (Å²) in [5.74, 6) is 0. The number of aromatic nitrogens is 1. The minimum absolute atomic E-state index is 0.149. The van der Waals surface area contributed by atoms with Crippen molar-refractivity contribution in [3.05, 3.63) is 47.7 Å². The van der Waals surface area contributed by atoms with Crippen molar-refractivity contribution in [2.75, 3.05) is 36.9 Å². The van der Waals surface area contributed by atoms with Gasteiger partial charge in [-0.25, -0.2) is 8.42 Å². The Hall–Kier alpha value is -1.78. The second-order valence-electron chi connectivity index (χ2n) is 5.48. The van der Waals surface area contributed by atoms with Crippen LogP contribution in [0, 0.1) is 0 Å². The van der Waals surface area contributed by atoms with Crippen LogP contribution in [-0.2, 0) is 14.8 Å². The zero-order valence-electron chi connectivity index (χ0n) is 13.7. The van der Waals surface area contributed by atoms with E-state index in [-0.39, 0.29) is 10.0 Å². The number of hydrogen-bond acceptors (Lipinski definition) is 5. The number of nitrogens with zero attached hydrogens (tertiary/aromatic N) is 2. The van der Waals surface area contributed by atoms with Crippen LogP contribution < -0.4 is 10.6 Å². The van der Waals surface area contributed by atoms with Crippen molar-refractivity contribution in [3.63, 3.8) is 0 Å². The van der Waals surface area contributed by atoms with Crippen molar-refractivity contribution >= 4 is 50.3 Å². The second-order valence-corrected chi connectivity index (χ2v) is 8.23. The van der Waals surface area contributed by atoms with E-state index in [9.17, 15) is 8.42 Å². The maximum Gasteiger partial charge on any atom is 0.243 e. The fourth-order valence-electron chi connectivity index (χ4n) is 2.42. The summed E-state index contributed by atoms with van der Waals surface area (Å²) in [6, 6.07) is 8.07. The van der Waals surface area contributed by atoms with Gasteiger partial charge in [0.05, 0.1) is 40.7 Å². The number of benzene rings is 1. The van der Waals surface area contributed by atoms with E-state index in [0.29, 0.717) is 42.7 Å². The lowest BCUT2D eigenvalue weighted by atomic mass is 10.3. The van der Waals surface area contributed by atoms with Crippen LogP contribution in [0.5, 0.6) is 0 Å². The molecule has 0 bridgehead atoms. The lowest BCUT2D eigenvalue weighted by Gasteiger charge is -2.26. The Balaban J connectivity index is 1.78. The fraction of sp³-hybridized carbons (Fsp3) is 0.250. The largest absolute Gasteiger partial charge is 0.379 e. The standard InChI is InChI=1S/C16H17ClN4O3S2/c17-14-4-3-13(26(22,23)21-6-8-24-9-7-21)10-15(14)20-16(25)19-12-2-1-5-18-11-12/h1-5,10-11H,6-9H2,(H2,19,20,25). The average molecular weight is 413 g/mol. The highest BCUT2D eigenvalue weighted by Gasteiger charge is 2.26. The number of rotatable bonds is 4. The van der Waals surface area contributed by atoms with Gasteiger partial charge in [0, 0.05) is 19.3 Å². The van der Waals surface area contributed by atoms with Gasteiger partial charge in [0.1, 0.15) is 0 Å². The summed E-state index contributed by atoms with van der Waals surface area (Å²) >= 11 is 11.4. The minimum atomic E-state index is -3.61. The number of hydrogen-bond donors (Lipinski definition) is 2. The van der Waals surface area contributed by atoms with Crippen molar-refractivity contribution in [2.24, 2.45) is 0 Å². The van der Waals surface area contributed by atoms with Crippen molar-refractivity contribution in [2.45, 2.75) is 4.90 Å². The first-order chi connectivity index (χ1) is 12.5. The van der Waals surface area contributed by atoms with E-state index in [2.05, 4.69) is 15.6 Å². The van der Waals surface area contributed by atoms with Crippen molar-refractivity contribution in [1.29, 1.82) is 0 Å². The SMILES string of the molecule is O=S(=O)(c1ccc(Cl)c(NC(=S)Nc2cccnc2)c1)N1CCOCC1. The highest BCUT2D eigenvalue weighted by Crippen LogP contribution is 2.27. The van der Waals surface area contributed by atoms with E-state index >= 15 is 0 Å². The zero-order valence-corrected chi connectivity index (χ0v) is 16.1. The number of ether oxygens (including phenoxy) is 1. The Bertz CT molecular complexity index is 888. The summed E-state index contributed by atoms with van der Waals surface area (Å²) < 4.78 is 32.2. The zero-order chi connectivity index (χ0) is 18.6. The number of sulfonamides is 1. The normalized spacial score (nSPS) is 15.4. The number of morpholine rings is 1. The number of pyridine rings is 1. The molecular weight excluding hydrogens is 396 g/mol. The molecule has 1 saturated heterocycles. The van der Waals surface area contributed by atoms with Gasteiger partial charge in [-0.2, -0.15) is 4.31 Å². The van der Waals surface area contributed by atoms with Crippen LogP contribution >= 0.6 is 23.8 Å². The van der Waals surface area contributed by atoms with Crippen LogP contribution in [0.15, 0.2) is 47.6 Å². The summed E-state index contributed by atoms with van der Waals surface area (Å²) in [4.78, 5) is 4.14. The van der Waals surface area contributed by atoms with Gasteiger partial charge < -0.3 is 15.4 Å². The maximum absolute atomic E-state index is 12.8. The molecule has 0 atom stereocenters. The lowest BCUT2D eigenvalue weighted by molar-refractivity contribution is 0.0730.